The highest BCUT2D eigenvalue weighted by atomic mass is 16.5. The summed E-state index contributed by atoms with van der Waals surface area (Å²) in [6.07, 6.45) is -0.163. The third kappa shape index (κ3) is 4.81. The second-order valence-electron chi connectivity index (χ2n) is 14.4. The average molecular weight is 690 g/mol. The van der Waals surface area contributed by atoms with Crippen LogP contribution in [-0.4, -0.2) is 4.57 Å². The number of aromatic nitrogens is 1. The zero-order valence-corrected chi connectivity index (χ0v) is 29.6. The van der Waals surface area contributed by atoms with Crippen molar-refractivity contribution in [2.75, 3.05) is 0 Å². The largest absolute Gasteiger partial charge is 0.484 e. The Balaban J connectivity index is 1.07. The monoisotopic (exact) mass is 689 g/mol. The van der Waals surface area contributed by atoms with Crippen molar-refractivity contribution in [3.8, 4) is 33.7 Å². The van der Waals surface area contributed by atoms with Crippen molar-refractivity contribution in [1.82, 2.24) is 4.57 Å². The van der Waals surface area contributed by atoms with Gasteiger partial charge in [0.05, 0.1) is 17.0 Å². The van der Waals surface area contributed by atoms with Crippen LogP contribution in [0.2, 0.25) is 0 Å². The number of rotatable bonds is 5. The van der Waals surface area contributed by atoms with Crippen LogP contribution in [-0.2, 0) is 0 Å². The van der Waals surface area contributed by atoms with Gasteiger partial charge in [-0.1, -0.05) is 170 Å². The molecule has 0 radical (unpaired) electrons. The molecule has 0 amide bonds. The first-order chi connectivity index (χ1) is 26.8. The molecule has 10 aromatic rings. The SMILES string of the molecule is c1ccc(-c2ccc(C3Oc4c(c5ccccc5c5cc(-c6cccc(-n7c8ccccc8c8ccccc87)c6)ccc45)C3c3ccccc3)cc2)cc1. The molecule has 0 bridgehead atoms. The molecule has 0 spiro atoms. The lowest BCUT2D eigenvalue weighted by Gasteiger charge is -2.21. The Bertz CT molecular complexity index is 2960. The first kappa shape index (κ1) is 30.7. The van der Waals surface area contributed by atoms with Crippen LogP contribution in [0.3, 0.4) is 0 Å². The Kier molecular flexibility index (Phi) is 7.03. The molecule has 2 nitrogen and oxygen atoms in total. The maximum absolute atomic E-state index is 7.22. The summed E-state index contributed by atoms with van der Waals surface area (Å²) >= 11 is 0. The zero-order valence-electron chi connectivity index (χ0n) is 29.6. The molecule has 0 N–H and O–H groups in total. The van der Waals surface area contributed by atoms with E-state index in [9.17, 15) is 0 Å². The quantitative estimate of drug-likeness (QED) is 0.164. The molecule has 0 fully saturated rings. The van der Waals surface area contributed by atoms with Crippen molar-refractivity contribution in [3.63, 3.8) is 0 Å². The molecule has 2 atom stereocenters. The Morgan fingerprint density at radius 3 is 1.63 bits per heavy atom. The van der Waals surface area contributed by atoms with Gasteiger partial charge in [-0.25, -0.2) is 0 Å². The smallest absolute Gasteiger partial charge is 0.135 e. The van der Waals surface area contributed by atoms with Crippen LogP contribution in [0.4, 0.5) is 0 Å². The predicted octanol–water partition coefficient (Wildman–Crippen LogP) is 13.7. The fourth-order valence-corrected chi connectivity index (χ4v) is 8.93. The summed E-state index contributed by atoms with van der Waals surface area (Å²) in [5, 5.41) is 7.38. The number of fused-ring (bicyclic) bond motifs is 9. The van der Waals surface area contributed by atoms with Crippen LogP contribution in [0.1, 0.15) is 28.7 Å². The van der Waals surface area contributed by atoms with Gasteiger partial charge in [0.1, 0.15) is 11.9 Å². The number of benzene rings is 9. The van der Waals surface area contributed by atoms with E-state index in [1.165, 1.54) is 76.9 Å². The Labute approximate surface area is 314 Å². The van der Waals surface area contributed by atoms with E-state index in [-0.39, 0.29) is 12.0 Å². The number of nitrogens with zero attached hydrogens (tertiary/aromatic N) is 1. The second kappa shape index (κ2) is 12.4. The summed E-state index contributed by atoms with van der Waals surface area (Å²) in [5.41, 5.74) is 12.1. The van der Waals surface area contributed by atoms with Gasteiger partial charge in [-0.15, -0.1) is 0 Å². The molecule has 1 aliphatic rings. The maximum atomic E-state index is 7.22. The minimum atomic E-state index is -0.163. The van der Waals surface area contributed by atoms with E-state index in [1.54, 1.807) is 0 Å². The fourth-order valence-electron chi connectivity index (χ4n) is 8.93. The first-order valence-corrected chi connectivity index (χ1v) is 18.7. The predicted molar refractivity (Wildman–Crippen MR) is 225 cm³/mol. The highest BCUT2D eigenvalue weighted by molar-refractivity contribution is 6.14. The molecule has 0 saturated carbocycles. The molecule has 11 rings (SSSR count). The standard InChI is InChI=1S/C52H35NO/c1-3-14-34(15-4-1)35-26-28-37(29-27-35)51-49(36-16-5-2-6-17-36)50-44-23-8-7-20-41(44)46-33-39(30-31-45(46)52(50)54-51)38-18-13-19-40(32-38)53-47-24-11-9-21-42(47)43-22-10-12-25-48(43)53/h1-33,49,51H. The van der Waals surface area contributed by atoms with Gasteiger partial charge in [0.25, 0.3) is 0 Å². The van der Waals surface area contributed by atoms with E-state index in [4.69, 9.17) is 4.74 Å². The van der Waals surface area contributed by atoms with Crippen molar-refractivity contribution in [2.24, 2.45) is 0 Å². The molecule has 2 unspecified atom stereocenters. The lowest BCUT2D eigenvalue weighted by molar-refractivity contribution is 0.225. The number of ether oxygens (including phenoxy) is 1. The summed E-state index contributed by atoms with van der Waals surface area (Å²) in [4.78, 5) is 0. The molecule has 254 valence electrons. The van der Waals surface area contributed by atoms with Gasteiger partial charge in [-0.05, 0) is 79.9 Å². The van der Waals surface area contributed by atoms with Gasteiger partial charge >= 0.3 is 0 Å². The molecule has 1 aromatic heterocycles. The first-order valence-electron chi connectivity index (χ1n) is 18.7. The minimum absolute atomic E-state index is 0.0423. The maximum Gasteiger partial charge on any atom is 0.135 e. The van der Waals surface area contributed by atoms with Gasteiger partial charge in [-0.3, -0.25) is 0 Å². The van der Waals surface area contributed by atoms with Crippen molar-refractivity contribution >= 4 is 43.4 Å². The molecule has 2 heteroatoms. The van der Waals surface area contributed by atoms with E-state index >= 15 is 0 Å². The molecule has 2 heterocycles. The fraction of sp³-hybridized carbons (Fsp3) is 0.0385. The molecule has 1 aliphatic heterocycles. The summed E-state index contributed by atoms with van der Waals surface area (Å²) < 4.78 is 9.61. The summed E-state index contributed by atoms with van der Waals surface area (Å²) in [5.74, 6) is 1.03. The van der Waals surface area contributed by atoms with Crippen molar-refractivity contribution in [2.45, 2.75) is 12.0 Å². The van der Waals surface area contributed by atoms with Gasteiger partial charge in [0.15, 0.2) is 0 Å². The third-order valence-corrected chi connectivity index (χ3v) is 11.4. The van der Waals surface area contributed by atoms with Crippen LogP contribution in [0, 0.1) is 0 Å². The van der Waals surface area contributed by atoms with E-state index in [2.05, 4.69) is 205 Å². The van der Waals surface area contributed by atoms with E-state index in [0.717, 1.165) is 16.8 Å². The van der Waals surface area contributed by atoms with Crippen LogP contribution in [0.5, 0.6) is 5.75 Å². The lowest BCUT2D eigenvalue weighted by Crippen LogP contribution is -2.11. The molecular formula is C52H35NO. The molecule has 0 aliphatic carbocycles. The minimum Gasteiger partial charge on any atom is -0.484 e. The van der Waals surface area contributed by atoms with Gasteiger partial charge < -0.3 is 9.30 Å². The third-order valence-electron chi connectivity index (χ3n) is 11.4. The van der Waals surface area contributed by atoms with E-state index in [1.807, 2.05) is 0 Å². The lowest BCUT2D eigenvalue weighted by atomic mass is 9.81. The Morgan fingerprint density at radius 1 is 0.352 bits per heavy atom. The molecule has 54 heavy (non-hydrogen) atoms. The van der Waals surface area contributed by atoms with Gasteiger partial charge in [-0.2, -0.15) is 0 Å². The highest BCUT2D eigenvalue weighted by Gasteiger charge is 2.39. The molecule has 0 saturated heterocycles. The number of para-hydroxylation sites is 2. The normalized spacial score (nSPS) is 15.2. The van der Waals surface area contributed by atoms with E-state index in [0.29, 0.717) is 0 Å². The van der Waals surface area contributed by atoms with Crippen molar-refractivity contribution in [1.29, 1.82) is 0 Å². The summed E-state index contributed by atoms with van der Waals surface area (Å²) in [6, 6.07) is 72.6. The van der Waals surface area contributed by atoms with Crippen LogP contribution >= 0.6 is 0 Å². The average Bonchev–Trinajstić information content (AvgIpc) is 3.82. The molecule has 9 aromatic carbocycles. The Morgan fingerprint density at radius 2 is 0.907 bits per heavy atom. The second-order valence-corrected chi connectivity index (χ2v) is 14.4. The number of hydrogen-bond acceptors (Lipinski definition) is 1. The number of hydrogen-bond donors (Lipinski definition) is 0. The summed E-state index contributed by atoms with van der Waals surface area (Å²) in [7, 11) is 0. The van der Waals surface area contributed by atoms with Crippen molar-refractivity contribution < 1.29 is 4.74 Å². The molecular weight excluding hydrogens is 655 g/mol. The van der Waals surface area contributed by atoms with Gasteiger partial charge in [0.2, 0.25) is 0 Å². The van der Waals surface area contributed by atoms with Crippen molar-refractivity contribution in [3.05, 3.63) is 217 Å². The van der Waals surface area contributed by atoms with E-state index < -0.39 is 0 Å². The van der Waals surface area contributed by atoms with Crippen LogP contribution < -0.4 is 4.74 Å². The topological polar surface area (TPSA) is 14.2 Å². The zero-order chi connectivity index (χ0) is 35.6. The summed E-state index contributed by atoms with van der Waals surface area (Å²) in [6.45, 7) is 0. The van der Waals surface area contributed by atoms with Gasteiger partial charge in [0, 0.05) is 27.4 Å². The van der Waals surface area contributed by atoms with Crippen LogP contribution in [0.15, 0.2) is 200 Å². The highest BCUT2D eigenvalue weighted by Crippen LogP contribution is 2.55. The van der Waals surface area contributed by atoms with Crippen LogP contribution in [0.25, 0.3) is 71.3 Å². The Hall–Kier alpha value is -6.90.